The normalized spacial score (nSPS) is 12.3. The highest BCUT2D eigenvalue weighted by atomic mass is 16.6. The Hall–Kier alpha value is -3.81. The third-order valence-corrected chi connectivity index (χ3v) is 4.32. The molecular formula is C21H18N2O6. The fourth-order valence-electron chi connectivity index (χ4n) is 2.90. The highest BCUT2D eigenvalue weighted by Gasteiger charge is 2.16. The number of fused-ring (bicyclic) bond motifs is 1. The lowest BCUT2D eigenvalue weighted by molar-refractivity contribution is -0.115. The molecule has 1 aromatic heterocycles. The summed E-state index contributed by atoms with van der Waals surface area (Å²) in [6, 6.07) is 13.6. The summed E-state index contributed by atoms with van der Waals surface area (Å²) in [7, 11) is 1.31. The van der Waals surface area contributed by atoms with Crippen molar-refractivity contribution in [3.8, 4) is 22.8 Å². The number of ether oxygens (including phenoxy) is 3. The van der Waals surface area contributed by atoms with Crippen LogP contribution < -0.4 is 14.8 Å². The van der Waals surface area contributed by atoms with Gasteiger partial charge in [0.25, 0.3) is 0 Å². The molecule has 0 spiro atoms. The number of hydrogen-bond donors (Lipinski definition) is 1. The molecule has 8 nitrogen and oxygen atoms in total. The molecule has 0 fully saturated rings. The Kier molecular flexibility index (Phi) is 5.15. The zero-order valence-corrected chi connectivity index (χ0v) is 15.6. The van der Waals surface area contributed by atoms with E-state index in [4.69, 9.17) is 14.0 Å². The molecule has 2 aromatic carbocycles. The standard InChI is InChI=1S/C21H18N2O6/c1-26-21(25)13-2-5-15(6-3-13)22-20(24)12-16-11-18(29-23-16)14-4-7-17-19(10-14)28-9-8-27-17/h2-7,10-11H,8-9,12H2,1H3,(H,22,24). The molecule has 4 rings (SSSR count). The van der Waals surface area contributed by atoms with Gasteiger partial charge in [0.2, 0.25) is 5.91 Å². The van der Waals surface area contributed by atoms with Gasteiger partial charge in [-0.2, -0.15) is 0 Å². The molecule has 1 aliphatic heterocycles. The summed E-state index contributed by atoms with van der Waals surface area (Å²) in [6.45, 7) is 1.03. The number of nitrogens with one attached hydrogen (secondary N) is 1. The summed E-state index contributed by atoms with van der Waals surface area (Å²) in [6.07, 6.45) is 0.0484. The number of rotatable bonds is 5. The number of amides is 1. The van der Waals surface area contributed by atoms with Gasteiger partial charge in [-0.15, -0.1) is 0 Å². The summed E-state index contributed by atoms with van der Waals surface area (Å²) < 4.78 is 21.1. The number of esters is 1. The van der Waals surface area contributed by atoms with Crippen molar-refractivity contribution in [1.29, 1.82) is 0 Å². The second-order valence-electron chi connectivity index (χ2n) is 6.33. The molecule has 1 N–H and O–H groups in total. The van der Waals surface area contributed by atoms with E-state index < -0.39 is 5.97 Å². The number of nitrogens with zero attached hydrogens (tertiary/aromatic N) is 1. The molecule has 0 radical (unpaired) electrons. The van der Waals surface area contributed by atoms with Gasteiger partial charge in [0.15, 0.2) is 17.3 Å². The van der Waals surface area contributed by atoms with Crippen LogP contribution in [0.4, 0.5) is 5.69 Å². The summed E-state index contributed by atoms with van der Waals surface area (Å²) >= 11 is 0. The number of aromatic nitrogens is 1. The van der Waals surface area contributed by atoms with E-state index in [2.05, 4.69) is 15.2 Å². The van der Waals surface area contributed by atoms with Crippen molar-refractivity contribution in [2.45, 2.75) is 6.42 Å². The van der Waals surface area contributed by atoms with E-state index in [1.165, 1.54) is 7.11 Å². The highest BCUT2D eigenvalue weighted by molar-refractivity contribution is 5.93. The maximum absolute atomic E-state index is 12.3. The third kappa shape index (κ3) is 4.21. The molecule has 148 valence electrons. The predicted octanol–water partition coefficient (Wildman–Crippen LogP) is 3.08. The van der Waals surface area contributed by atoms with Crippen molar-refractivity contribution >= 4 is 17.6 Å². The van der Waals surface area contributed by atoms with Gasteiger partial charge in [-0.1, -0.05) is 5.16 Å². The maximum atomic E-state index is 12.3. The van der Waals surface area contributed by atoms with E-state index in [9.17, 15) is 9.59 Å². The van der Waals surface area contributed by atoms with Crippen LogP contribution in [0, 0.1) is 0 Å². The van der Waals surface area contributed by atoms with E-state index in [1.807, 2.05) is 18.2 Å². The van der Waals surface area contributed by atoms with Crippen molar-refractivity contribution in [2.75, 3.05) is 25.6 Å². The third-order valence-electron chi connectivity index (χ3n) is 4.32. The largest absolute Gasteiger partial charge is 0.486 e. The fourth-order valence-corrected chi connectivity index (χ4v) is 2.90. The topological polar surface area (TPSA) is 99.9 Å². The lowest BCUT2D eigenvalue weighted by atomic mass is 10.1. The zero-order chi connectivity index (χ0) is 20.2. The lowest BCUT2D eigenvalue weighted by Crippen LogP contribution is -2.15. The van der Waals surface area contributed by atoms with Crippen LogP contribution in [0.25, 0.3) is 11.3 Å². The Balaban J connectivity index is 1.40. The fraction of sp³-hybridized carbons (Fsp3) is 0.190. The van der Waals surface area contributed by atoms with Crippen LogP contribution >= 0.6 is 0 Å². The van der Waals surface area contributed by atoms with E-state index >= 15 is 0 Å². The molecule has 1 amide bonds. The van der Waals surface area contributed by atoms with E-state index in [0.29, 0.717) is 47.4 Å². The van der Waals surface area contributed by atoms with Crippen molar-refractivity contribution < 1.29 is 28.3 Å². The molecule has 0 atom stereocenters. The SMILES string of the molecule is COC(=O)c1ccc(NC(=O)Cc2cc(-c3ccc4c(c3)OCCO4)on2)cc1. The van der Waals surface area contributed by atoms with Crippen LogP contribution in [-0.2, 0) is 16.0 Å². The highest BCUT2D eigenvalue weighted by Crippen LogP contribution is 2.34. The minimum absolute atomic E-state index is 0.0484. The zero-order valence-electron chi connectivity index (χ0n) is 15.6. The van der Waals surface area contributed by atoms with Gasteiger partial charge in [0.1, 0.15) is 13.2 Å². The van der Waals surface area contributed by atoms with Gasteiger partial charge in [0.05, 0.1) is 24.8 Å². The molecule has 0 saturated carbocycles. The molecule has 0 unspecified atom stereocenters. The number of carbonyl (C=O) groups excluding carboxylic acids is 2. The number of carbonyl (C=O) groups is 2. The first kappa shape index (κ1) is 18.5. The second kappa shape index (κ2) is 8.05. The monoisotopic (exact) mass is 394 g/mol. The number of benzene rings is 2. The summed E-state index contributed by atoms with van der Waals surface area (Å²) in [4.78, 5) is 23.7. The Labute approximate surface area is 166 Å². The molecule has 0 bridgehead atoms. The Morgan fingerprint density at radius 2 is 1.79 bits per heavy atom. The molecule has 29 heavy (non-hydrogen) atoms. The average Bonchev–Trinajstić information content (AvgIpc) is 3.21. The first-order valence-corrected chi connectivity index (χ1v) is 8.96. The van der Waals surface area contributed by atoms with Gasteiger partial charge >= 0.3 is 5.97 Å². The quantitative estimate of drug-likeness (QED) is 0.664. The van der Waals surface area contributed by atoms with E-state index in [-0.39, 0.29) is 12.3 Å². The summed E-state index contributed by atoms with van der Waals surface area (Å²) in [5.74, 6) is 1.19. The van der Waals surface area contributed by atoms with Gasteiger partial charge in [-0.05, 0) is 42.5 Å². The second-order valence-corrected chi connectivity index (χ2v) is 6.33. The maximum Gasteiger partial charge on any atom is 0.337 e. The number of anilines is 1. The molecule has 3 aromatic rings. The number of methoxy groups -OCH3 is 1. The van der Waals surface area contributed by atoms with Gasteiger partial charge in [-0.25, -0.2) is 4.79 Å². The molecule has 0 saturated heterocycles. The molecule has 8 heteroatoms. The van der Waals surface area contributed by atoms with Gasteiger partial charge in [0, 0.05) is 17.3 Å². The van der Waals surface area contributed by atoms with Crippen LogP contribution in [0.3, 0.4) is 0 Å². The summed E-state index contributed by atoms with van der Waals surface area (Å²) in [5.41, 5.74) is 2.26. The summed E-state index contributed by atoms with van der Waals surface area (Å²) in [5, 5.41) is 6.72. The predicted molar refractivity (Wildman–Crippen MR) is 103 cm³/mol. The van der Waals surface area contributed by atoms with Crippen LogP contribution in [0.5, 0.6) is 11.5 Å². The van der Waals surface area contributed by atoms with Gasteiger partial charge < -0.3 is 24.1 Å². The van der Waals surface area contributed by atoms with Crippen LogP contribution in [-0.4, -0.2) is 37.4 Å². The molecular weight excluding hydrogens is 376 g/mol. The number of hydrogen-bond acceptors (Lipinski definition) is 7. The minimum Gasteiger partial charge on any atom is -0.486 e. The smallest absolute Gasteiger partial charge is 0.337 e. The van der Waals surface area contributed by atoms with Crippen molar-refractivity contribution in [3.63, 3.8) is 0 Å². The Bertz CT molecular complexity index is 1040. The average molecular weight is 394 g/mol. The molecule has 0 aliphatic carbocycles. The van der Waals surface area contributed by atoms with Gasteiger partial charge in [-0.3, -0.25) is 4.79 Å². The molecule has 1 aliphatic rings. The Morgan fingerprint density at radius 1 is 1.03 bits per heavy atom. The van der Waals surface area contributed by atoms with Crippen LogP contribution in [0.1, 0.15) is 16.1 Å². The van der Waals surface area contributed by atoms with Crippen LogP contribution in [0.15, 0.2) is 53.1 Å². The van der Waals surface area contributed by atoms with E-state index in [1.54, 1.807) is 30.3 Å². The minimum atomic E-state index is -0.433. The van der Waals surface area contributed by atoms with Crippen molar-refractivity contribution in [2.24, 2.45) is 0 Å². The van der Waals surface area contributed by atoms with Crippen molar-refractivity contribution in [3.05, 3.63) is 59.8 Å². The van der Waals surface area contributed by atoms with Crippen LogP contribution in [0.2, 0.25) is 0 Å². The van der Waals surface area contributed by atoms with E-state index in [0.717, 1.165) is 5.56 Å². The first-order valence-electron chi connectivity index (χ1n) is 8.96. The first-order chi connectivity index (χ1) is 14.1. The molecule has 2 heterocycles. The van der Waals surface area contributed by atoms with Crippen molar-refractivity contribution in [1.82, 2.24) is 5.16 Å². The Morgan fingerprint density at radius 3 is 2.55 bits per heavy atom. The lowest BCUT2D eigenvalue weighted by Gasteiger charge is -2.18.